The van der Waals surface area contributed by atoms with Crippen LogP contribution in [0.15, 0.2) is 30.3 Å². The van der Waals surface area contributed by atoms with Crippen molar-refractivity contribution < 1.29 is 4.74 Å². The van der Waals surface area contributed by atoms with Crippen LogP contribution in [0.2, 0.25) is 0 Å². The van der Waals surface area contributed by atoms with E-state index in [4.69, 9.17) is 4.74 Å². The van der Waals surface area contributed by atoms with E-state index in [2.05, 4.69) is 37.4 Å². The molecule has 2 nitrogen and oxygen atoms in total. The molecule has 3 heteroatoms. The molecule has 0 aliphatic rings. The Labute approximate surface area is 110 Å². The number of methoxy groups -OCH3 is 1. The molecule has 0 aliphatic heterocycles. The molecule has 0 saturated heterocycles. The molecule has 0 spiro atoms. The lowest BCUT2D eigenvalue weighted by Crippen LogP contribution is -2.24. The van der Waals surface area contributed by atoms with E-state index in [1.807, 2.05) is 18.2 Å². The quantitative estimate of drug-likeness (QED) is 0.840. The highest BCUT2D eigenvalue weighted by molar-refractivity contribution is 5.85. The monoisotopic (exact) mass is 255 g/mol. The van der Waals surface area contributed by atoms with E-state index in [0.717, 1.165) is 24.3 Å². The first-order valence-electron chi connectivity index (χ1n) is 5.80. The van der Waals surface area contributed by atoms with Crippen molar-refractivity contribution in [2.75, 3.05) is 13.7 Å². The summed E-state index contributed by atoms with van der Waals surface area (Å²) < 4.78 is 5.27. The maximum absolute atomic E-state index is 5.27. The lowest BCUT2D eigenvalue weighted by Gasteiger charge is -2.08. The van der Waals surface area contributed by atoms with Crippen molar-refractivity contribution in [1.29, 1.82) is 0 Å². The number of hydrogen-bond acceptors (Lipinski definition) is 2. The SMILES string of the molecule is CCC(C)NCC=Cc1ccccc1OC.Cl. The molecule has 1 atom stereocenters. The highest BCUT2D eigenvalue weighted by atomic mass is 35.5. The summed E-state index contributed by atoms with van der Waals surface area (Å²) in [5.41, 5.74) is 1.12. The summed E-state index contributed by atoms with van der Waals surface area (Å²) >= 11 is 0. The lowest BCUT2D eigenvalue weighted by molar-refractivity contribution is 0.414. The van der Waals surface area contributed by atoms with E-state index < -0.39 is 0 Å². The Morgan fingerprint density at radius 2 is 2.06 bits per heavy atom. The minimum absolute atomic E-state index is 0. The summed E-state index contributed by atoms with van der Waals surface area (Å²) in [5, 5.41) is 3.41. The summed E-state index contributed by atoms with van der Waals surface area (Å²) in [7, 11) is 1.70. The van der Waals surface area contributed by atoms with Crippen molar-refractivity contribution in [3.63, 3.8) is 0 Å². The second-order valence-corrected chi connectivity index (χ2v) is 3.86. The van der Waals surface area contributed by atoms with Gasteiger partial charge in [0.2, 0.25) is 0 Å². The molecule has 1 N–H and O–H groups in total. The number of nitrogens with one attached hydrogen (secondary N) is 1. The molecule has 0 aliphatic carbocycles. The van der Waals surface area contributed by atoms with Crippen LogP contribution in [-0.4, -0.2) is 19.7 Å². The summed E-state index contributed by atoms with van der Waals surface area (Å²) in [6.07, 6.45) is 5.38. The predicted octanol–water partition coefficient (Wildman–Crippen LogP) is 3.52. The smallest absolute Gasteiger partial charge is 0.126 e. The number of hydrogen-bond donors (Lipinski definition) is 1. The van der Waals surface area contributed by atoms with Gasteiger partial charge in [0.25, 0.3) is 0 Å². The van der Waals surface area contributed by atoms with Crippen molar-refractivity contribution in [3.05, 3.63) is 35.9 Å². The highest BCUT2D eigenvalue weighted by Gasteiger charge is 1.96. The van der Waals surface area contributed by atoms with E-state index in [-0.39, 0.29) is 12.4 Å². The molecular formula is C14H22ClNO. The standard InChI is InChI=1S/C14H21NO.ClH/c1-4-12(2)15-11-7-9-13-8-5-6-10-14(13)16-3;/h5-10,12,15H,4,11H2,1-3H3;1H. The Hall–Kier alpha value is -0.990. The van der Waals surface area contributed by atoms with E-state index in [0.29, 0.717) is 6.04 Å². The fourth-order valence-electron chi connectivity index (χ4n) is 1.40. The van der Waals surface area contributed by atoms with Crippen LogP contribution in [0.25, 0.3) is 6.08 Å². The van der Waals surface area contributed by atoms with Crippen LogP contribution >= 0.6 is 12.4 Å². The van der Waals surface area contributed by atoms with Crippen molar-refractivity contribution in [1.82, 2.24) is 5.32 Å². The number of rotatable bonds is 6. The van der Waals surface area contributed by atoms with Crippen LogP contribution in [0.5, 0.6) is 5.75 Å². The zero-order valence-electron chi connectivity index (χ0n) is 10.8. The third kappa shape index (κ3) is 5.76. The van der Waals surface area contributed by atoms with Gasteiger partial charge >= 0.3 is 0 Å². The van der Waals surface area contributed by atoms with E-state index in [1.54, 1.807) is 7.11 Å². The molecule has 1 aromatic rings. The van der Waals surface area contributed by atoms with Gasteiger partial charge in [-0.05, 0) is 19.4 Å². The minimum atomic E-state index is 0. The molecule has 0 aromatic heterocycles. The Morgan fingerprint density at radius 1 is 1.35 bits per heavy atom. The number of ether oxygens (including phenoxy) is 1. The van der Waals surface area contributed by atoms with Gasteiger partial charge in [-0.25, -0.2) is 0 Å². The zero-order valence-corrected chi connectivity index (χ0v) is 11.6. The summed E-state index contributed by atoms with van der Waals surface area (Å²) in [4.78, 5) is 0. The highest BCUT2D eigenvalue weighted by Crippen LogP contribution is 2.18. The molecule has 0 amide bonds. The second kappa shape index (κ2) is 9.08. The van der Waals surface area contributed by atoms with Gasteiger partial charge in [-0.1, -0.05) is 37.3 Å². The van der Waals surface area contributed by atoms with Crippen LogP contribution < -0.4 is 10.1 Å². The molecule has 0 bridgehead atoms. The van der Waals surface area contributed by atoms with Gasteiger partial charge in [-0.2, -0.15) is 0 Å². The second-order valence-electron chi connectivity index (χ2n) is 3.86. The Kier molecular flexibility index (Phi) is 8.55. The maximum atomic E-state index is 5.27. The normalized spacial score (nSPS) is 12.2. The van der Waals surface area contributed by atoms with Gasteiger partial charge in [0.15, 0.2) is 0 Å². The average Bonchev–Trinajstić information content (AvgIpc) is 2.34. The minimum Gasteiger partial charge on any atom is -0.496 e. The van der Waals surface area contributed by atoms with E-state index >= 15 is 0 Å². The Morgan fingerprint density at radius 3 is 2.71 bits per heavy atom. The van der Waals surface area contributed by atoms with Crippen LogP contribution in [0.4, 0.5) is 0 Å². The first kappa shape index (κ1) is 16.0. The van der Waals surface area contributed by atoms with Gasteiger partial charge in [-0.3, -0.25) is 0 Å². The fourth-order valence-corrected chi connectivity index (χ4v) is 1.40. The van der Waals surface area contributed by atoms with Crippen LogP contribution in [-0.2, 0) is 0 Å². The molecule has 0 fully saturated rings. The van der Waals surface area contributed by atoms with E-state index in [9.17, 15) is 0 Å². The molecule has 1 rings (SSSR count). The number of benzene rings is 1. The molecule has 1 aromatic carbocycles. The largest absolute Gasteiger partial charge is 0.496 e. The van der Waals surface area contributed by atoms with E-state index in [1.165, 1.54) is 0 Å². The number of halogens is 1. The summed E-state index contributed by atoms with van der Waals surface area (Å²) in [6.45, 7) is 5.27. The van der Waals surface area contributed by atoms with Crippen LogP contribution in [0.1, 0.15) is 25.8 Å². The third-order valence-corrected chi connectivity index (χ3v) is 2.63. The topological polar surface area (TPSA) is 21.3 Å². The van der Waals surface area contributed by atoms with Crippen LogP contribution in [0.3, 0.4) is 0 Å². The molecule has 1 unspecified atom stereocenters. The van der Waals surface area contributed by atoms with Gasteiger partial charge in [0, 0.05) is 18.2 Å². The zero-order chi connectivity index (χ0) is 11.8. The summed E-state index contributed by atoms with van der Waals surface area (Å²) in [6, 6.07) is 8.60. The molecule has 17 heavy (non-hydrogen) atoms. The Balaban J connectivity index is 0.00000256. The molecule has 0 radical (unpaired) electrons. The van der Waals surface area contributed by atoms with Gasteiger partial charge in [0.1, 0.15) is 5.75 Å². The van der Waals surface area contributed by atoms with Gasteiger partial charge < -0.3 is 10.1 Å². The number of para-hydroxylation sites is 1. The first-order chi connectivity index (χ1) is 7.77. The maximum Gasteiger partial charge on any atom is 0.126 e. The van der Waals surface area contributed by atoms with Gasteiger partial charge in [0.05, 0.1) is 7.11 Å². The van der Waals surface area contributed by atoms with Crippen molar-refractivity contribution in [3.8, 4) is 5.75 Å². The van der Waals surface area contributed by atoms with Crippen molar-refractivity contribution in [2.45, 2.75) is 26.3 Å². The lowest BCUT2D eigenvalue weighted by atomic mass is 10.2. The molecular weight excluding hydrogens is 234 g/mol. The predicted molar refractivity (Wildman–Crippen MR) is 77.0 cm³/mol. The summed E-state index contributed by atoms with van der Waals surface area (Å²) in [5.74, 6) is 0.919. The molecule has 0 heterocycles. The van der Waals surface area contributed by atoms with Crippen molar-refractivity contribution >= 4 is 18.5 Å². The van der Waals surface area contributed by atoms with Gasteiger partial charge in [-0.15, -0.1) is 12.4 Å². The van der Waals surface area contributed by atoms with Crippen LogP contribution in [0, 0.1) is 0 Å². The third-order valence-electron chi connectivity index (χ3n) is 2.63. The molecule has 96 valence electrons. The Bertz CT molecular complexity index is 339. The molecule has 0 saturated carbocycles. The fraction of sp³-hybridized carbons (Fsp3) is 0.429. The van der Waals surface area contributed by atoms with Crippen molar-refractivity contribution in [2.24, 2.45) is 0 Å². The first-order valence-corrected chi connectivity index (χ1v) is 5.80. The average molecular weight is 256 g/mol.